The van der Waals surface area contributed by atoms with Gasteiger partial charge in [0, 0.05) is 0 Å². The van der Waals surface area contributed by atoms with E-state index >= 15 is 0 Å². The zero-order chi connectivity index (χ0) is 14.3. The van der Waals surface area contributed by atoms with Crippen LogP contribution in [0.2, 0.25) is 0 Å². The van der Waals surface area contributed by atoms with E-state index in [1.807, 2.05) is 0 Å². The second-order valence-corrected chi connectivity index (χ2v) is 5.14. The summed E-state index contributed by atoms with van der Waals surface area (Å²) in [6.07, 6.45) is -5.75. The van der Waals surface area contributed by atoms with Crippen molar-refractivity contribution in [1.82, 2.24) is 0 Å². The molecule has 0 bridgehead atoms. The number of phenolic OH excluding ortho intramolecular Hbond substituents is 1. The van der Waals surface area contributed by atoms with Crippen LogP contribution in [0.15, 0.2) is 21.1 Å². The molecule has 18 heavy (non-hydrogen) atoms. The first-order valence-electron chi connectivity index (χ1n) is 4.36. The summed E-state index contributed by atoms with van der Waals surface area (Å²) in [7, 11) is 0. The van der Waals surface area contributed by atoms with Gasteiger partial charge in [-0.05, 0) is 49.6 Å². The monoisotopic (exact) mass is 397 g/mol. The molecule has 0 radical (unpaired) electrons. The van der Waals surface area contributed by atoms with Crippen LogP contribution in [-0.4, -0.2) is 17.2 Å². The third-order valence-electron chi connectivity index (χ3n) is 2.17. The first-order valence-corrected chi connectivity index (χ1v) is 5.95. The SMILES string of the molecule is N[C@H](c1cc(Br)c(O)c(Br)c1)C(F)(F)C(F)(F)F. The fourth-order valence-electron chi connectivity index (χ4n) is 1.15. The van der Waals surface area contributed by atoms with E-state index < -0.39 is 23.7 Å². The highest BCUT2D eigenvalue weighted by atomic mass is 79.9. The number of phenols is 1. The molecule has 0 saturated carbocycles. The lowest BCUT2D eigenvalue weighted by molar-refractivity contribution is -0.291. The van der Waals surface area contributed by atoms with E-state index in [2.05, 4.69) is 31.9 Å². The summed E-state index contributed by atoms with van der Waals surface area (Å²) in [5.41, 5.74) is 4.49. The lowest BCUT2D eigenvalue weighted by Crippen LogP contribution is -2.45. The summed E-state index contributed by atoms with van der Waals surface area (Å²) < 4.78 is 62.4. The van der Waals surface area contributed by atoms with Gasteiger partial charge in [-0.1, -0.05) is 0 Å². The number of rotatable bonds is 2. The quantitative estimate of drug-likeness (QED) is 0.736. The van der Waals surface area contributed by atoms with Crippen molar-refractivity contribution in [3.63, 3.8) is 0 Å². The van der Waals surface area contributed by atoms with Gasteiger partial charge in [0.2, 0.25) is 0 Å². The Hall–Kier alpha value is -0.410. The van der Waals surface area contributed by atoms with Crippen molar-refractivity contribution >= 4 is 31.9 Å². The second-order valence-electron chi connectivity index (χ2n) is 3.43. The van der Waals surface area contributed by atoms with Gasteiger partial charge < -0.3 is 10.8 Å². The molecule has 1 aromatic carbocycles. The van der Waals surface area contributed by atoms with Crippen LogP contribution in [0.25, 0.3) is 0 Å². The molecule has 0 fully saturated rings. The molecule has 0 aliphatic heterocycles. The van der Waals surface area contributed by atoms with Crippen molar-refractivity contribution in [2.75, 3.05) is 0 Å². The highest BCUT2D eigenvalue weighted by molar-refractivity contribution is 9.11. The van der Waals surface area contributed by atoms with Crippen LogP contribution < -0.4 is 5.73 Å². The lowest BCUT2D eigenvalue weighted by Gasteiger charge is -2.26. The van der Waals surface area contributed by atoms with Gasteiger partial charge in [-0.25, -0.2) is 0 Å². The fraction of sp³-hybridized carbons (Fsp3) is 0.333. The third kappa shape index (κ3) is 2.77. The molecule has 2 nitrogen and oxygen atoms in total. The van der Waals surface area contributed by atoms with E-state index in [4.69, 9.17) is 5.73 Å². The van der Waals surface area contributed by atoms with E-state index in [9.17, 15) is 27.1 Å². The molecular weight excluding hydrogens is 393 g/mol. The van der Waals surface area contributed by atoms with E-state index in [1.165, 1.54) is 0 Å². The van der Waals surface area contributed by atoms with Crippen LogP contribution in [0.5, 0.6) is 5.75 Å². The summed E-state index contributed by atoms with van der Waals surface area (Å²) in [5, 5.41) is 9.33. The molecule has 0 saturated heterocycles. The molecule has 0 unspecified atom stereocenters. The topological polar surface area (TPSA) is 46.2 Å². The third-order valence-corrected chi connectivity index (χ3v) is 3.38. The van der Waals surface area contributed by atoms with Crippen molar-refractivity contribution in [3.05, 3.63) is 26.6 Å². The van der Waals surface area contributed by atoms with Gasteiger partial charge >= 0.3 is 12.1 Å². The largest absolute Gasteiger partial charge is 0.506 e. The number of aromatic hydroxyl groups is 1. The number of benzene rings is 1. The summed E-state index contributed by atoms with van der Waals surface area (Å²) >= 11 is 5.64. The highest BCUT2D eigenvalue weighted by Crippen LogP contribution is 2.45. The minimum absolute atomic E-state index is 0.0414. The summed E-state index contributed by atoms with van der Waals surface area (Å²) in [5.74, 6) is -5.38. The van der Waals surface area contributed by atoms with Crippen LogP contribution in [-0.2, 0) is 0 Å². The molecule has 1 aromatic rings. The van der Waals surface area contributed by atoms with Crippen LogP contribution in [0, 0.1) is 0 Å². The fourth-order valence-corrected chi connectivity index (χ4v) is 2.37. The molecule has 0 aromatic heterocycles. The molecule has 1 atom stereocenters. The first kappa shape index (κ1) is 15.6. The number of nitrogens with two attached hydrogens (primary N) is 1. The van der Waals surface area contributed by atoms with Gasteiger partial charge in [0.25, 0.3) is 0 Å². The van der Waals surface area contributed by atoms with Crippen LogP contribution in [0.3, 0.4) is 0 Å². The standard InChI is InChI=1S/C9H6Br2F5NO/c10-4-1-3(2-5(11)6(4)18)7(17)8(12,13)9(14,15)16/h1-2,7,18H,17H2/t7-/m1/s1. The Balaban J connectivity index is 3.24. The smallest absolute Gasteiger partial charge is 0.455 e. The first-order chi connectivity index (χ1) is 7.98. The predicted octanol–water partition coefficient (Wildman–Crippen LogP) is 4.11. The Morgan fingerprint density at radius 3 is 1.78 bits per heavy atom. The Morgan fingerprint density at radius 2 is 1.44 bits per heavy atom. The van der Waals surface area contributed by atoms with Gasteiger partial charge in [0.1, 0.15) is 11.8 Å². The zero-order valence-corrected chi connectivity index (χ0v) is 11.6. The maximum atomic E-state index is 13.0. The van der Waals surface area contributed by atoms with Crippen molar-refractivity contribution in [3.8, 4) is 5.75 Å². The summed E-state index contributed by atoms with van der Waals surface area (Å²) in [4.78, 5) is 0. The van der Waals surface area contributed by atoms with E-state index in [0.717, 1.165) is 12.1 Å². The molecule has 0 amide bonds. The normalized spacial score (nSPS) is 14.7. The van der Waals surface area contributed by atoms with Crippen LogP contribution in [0.4, 0.5) is 22.0 Å². The Labute approximate surface area is 115 Å². The van der Waals surface area contributed by atoms with Gasteiger partial charge in [-0.3, -0.25) is 0 Å². The maximum Gasteiger partial charge on any atom is 0.455 e. The summed E-state index contributed by atoms with van der Waals surface area (Å²) in [6.45, 7) is 0. The minimum atomic E-state index is -5.75. The number of hydrogen-bond donors (Lipinski definition) is 2. The van der Waals surface area contributed by atoms with Gasteiger partial charge in [0.15, 0.2) is 0 Å². The lowest BCUT2D eigenvalue weighted by atomic mass is 10.0. The zero-order valence-electron chi connectivity index (χ0n) is 8.40. The van der Waals surface area contributed by atoms with E-state index in [0.29, 0.717) is 0 Å². The van der Waals surface area contributed by atoms with Crippen molar-refractivity contribution in [1.29, 1.82) is 0 Å². The molecular formula is C9H6Br2F5NO. The molecule has 3 N–H and O–H groups in total. The summed E-state index contributed by atoms with van der Waals surface area (Å²) in [6, 6.07) is -0.750. The molecule has 0 aliphatic rings. The Kier molecular flexibility index (Phi) is 4.29. The molecule has 0 heterocycles. The van der Waals surface area contributed by atoms with Crippen LogP contribution >= 0.6 is 31.9 Å². The van der Waals surface area contributed by atoms with Crippen molar-refractivity contribution in [2.45, 2.75) is 18.1 Å². The number of alkyl halides is 5. The van der Waals surface area contributed by atoms with Crippen molar-refractivity contribution < 1.29 is 27.1 Å². The number of hydrogen-bond acceptors (Lipinski definition) is 2. The molecule has 102 valence electrons. The van der Waals surface area contributed by atoms with Gasteiger partial charge in [-0.2, -0.15) is 22.0 Å². The van der Waals surface area contributed by atoms with E-state index in [-0.39, 0.29) is 14.7 Å². The Morgan fingerprint density at radius 1 is 1.06 bits per heavy atom. The van der Waals surface area contributed by atoms with Crippen molar-refractivity contribution in [2.24, 2.45) is 5.73 Å². The molecule has 9 heteroatoms. The van der Waals surface area contributed by atoms with Crippen LogP contribution in [0.1, 0.15) is 11.6 Å². The highest BCUT2D eigenvalue weighted by Gasteiger charge is 2.61. The second kappa shape index (κ2) is 4.93. The minimum Gasteiger partial charge on any atom is -0.506 e. The Bertz CT molecular complexity index is 440. The predicted molar refractivity (Wildman–Crippen MR) is 61.4 cm³/mol. The van der Waals surface area contributed by atoms with E-state index in [1.54, 1.807) is 0 Å². The molecule has 0 aliphatic carbocycles. The van der Waals surface area contributed by atoms with Gasteiger partial charge in [0.05, 0.1) is 8.95 Å². The molecule has 0 spiro atoms. The molecule has 1 rings (SSSR count). The average molecular weight is 399 g/mol. The maximum absolute atomic E-state index is 13.0. The average Bonchev–Trinajstić information content (AvgIpc) is 2.22. The number of halogens is 7. The van der Waals surface area contributed by atoms with Gasteiger partial charge in [-0.15, -0.1) is 0 Å².